The zero-order valence-electron chi connectivity index (χ0n) is 8.71. The summed E-state index contributed by atoms with van der Waals surface area (Å²) in [5, 5.41) is 0. The molecule has 1 spiro atoms. The summed E-state index contributed by atoms with van der Waals surface area (Å²) in [6.45, 7) is 4.23. The lowest BCUT2D eigenvalue weighted by Crippen LogP contribution is -2.29. The van der Waals surface area contributed by atoms with Gasteiger partial charge in [0.2, 0.25) is 0 Å². The predicted molar refractivity (Wildman–Crippen MR) is 51.5 cm³/mol. The van der Waals surface area contributed by atoms with E-state index >= 15 is 0 Å². The van der Waals surface area contributed by atoms with Gasteiger partial charge in [-0.3, -0.25) is 0 Å². The molecule has 0 aromatic carbocycles. The van der Waals surface area contributed by atoms with Crippen LogP contribution >= 0.6 is 0 Å². The van der Waals surface area contributed by atoms with Crippen molar-refractivity contribution < 1.29 is 9.47 Å². The number of rotatable bonds is 0. The highest BCUT2D eigenvalue weighted by Gasteiger charge is 2.43. The van der Waals surface area contributed by atoms with Crippen molar-refractivity contribution in [2.24, 2.45) is 0 Å². The third kappa shape index (κ3) is 1.89. The fourth-order valence-corrected chi connectivity index (χ4v) is 2.40. The first-order chi connectivity index (χ1) is 6.22. The molecule has 0 N–H and O–H groups in total. The van der Waals surface area contributed by atoms with Crippen molar-refractivity contribution in [3.63, 3.8) is 0 Å². The Hall–Kier alpha value is -0.0800. The fraction of sp³-hybridized carbons (Fsp3) is 1.00. The van der Waals surface area contributed by atoms with Gasteiger partial charge in [0.1, 0.15) is 0 Å². The molecule has 2 atom stereocenters. The summed E-state index contributed by atoms with van der Waals surface area (Å²) < 4.78 is 11.9. The van der Waals surface area contributed by atoms with Crippen LogP contribution in [0.15, 0.2) is 0 Å². The van der Waals surface area contributed by atoms with Gasteiger partial charge in [-0.2, -0.15) is 0 Å². The maximum Gasteiger partial charge on any atom is 0.169 e. The standard InChI is InChI=1S/C11H20O2/c1-9-10(2)13-11(12-9)7-5-3-4-6-8-11/h9-10H,3-8H2,1-2H3. The van der Waals surface area contributed by atoms with E-state index in [-0.39, 0.29) is 18.0 Å². The summed E-state index contributed by atoms with van der Waals surface area (Å²) in [6, 6.07) is 0. The van der Waals surface area contributed by atoms with Crippen LogP contribution in [-0.4, -0.2) is 18.0 Å². The Morgan fingerprint density at radius 3 is 1.77 bits per heavy atom. The van der Waals surface area contributed by atoms with Crippen molar-refractivity contribution in [2.75, 3.05) is 0 Å². The molecule has 1 aliphatic carbocycles. The molecule has 0 radical (unpaired) electrons. The van der Waals surface area contributed by atoms with Crippen molar-refractivity contribution in [3.8, 4) is 0 Å². The van der Waals surface area contributed by atoms with Gasteiger partial charge < -0.3 is 9.47 Å². The molecule has 2 nitrogen and oxygen atoms in total. The summed E-state index contributed by atoms with van der Waals surface area (Å²) in [5.74, 6) is -0.199. The zero-order chi connectivity index (χ0) is 9.31. The van der Waals surface area contributed by atoms with Gasteiger partial charge in [-0.15, -0.1) is 0 Å². The second-order valence-corrected chi connectivity index (χ2v) is 4.47. The molecule has 2 aliphatic rings. The topological polar surface area (TPSA) is 18.5 Å². The Morgan fingerprint density at radius 1 is 0.846 bits per heavy atom. The van der Waals surface area contributed by atoms with Crippen LogP contribution in [0.25, 0.3) is 0 Å². The SMILES string of the molecule is CC1OC2(CCCCCC2)OC1C. The van der Waals surface area contributed by atoms with E-state index in [0.717, 1.165) is 12.8 Å². The predicted octanol–water partition coefficient (Wildman–Crippen LogP) is 2.86. The van der Waals surface area contributed by atoms with Crippen molar-refractivity contribution in [3.05, 3.63) is 0 Å². The molecule has 0 aromatic rings. The molecule has 1 heterocycles. The molecular weight excluding hydrogens is 164 g/mol. The summed E-state index contributed by atoms with van der Waals surface area (Å²) in [7, 11) is 0. The summed E-state index contributed by atoms with van der Waals surface area (Å²) in [6.07, 6.45) is 7.97. The molecule has 76 valence electrons. The molecule has 1 aliphatic heterocycles. The van der Waals surface area contributed by atoms with Crippen molar-refractivity contribution in [2.45, 2.75) is 70.4 Å². The van der Waals surface area contributed by atoms with E-state index in [4.69, 9.17) is 9.47 Å². The molecule has 13 heavy (non-hydrogen) atoms. The van der Waals surface area contributed by atoms with Gasteiger partial charge in [0.05, 0.1) is 12.2 Å². The molecular formula is C11H20O2. The molecule has 2 unspecified atom stereocenters. The number of hydrogen-bond donors (Lipinski definition) is 0. The smallest absolute Gasteiger partial charge is 0.169 e. The van der Waals surface area contributed by atoms with E-state index in [9.17, 15) is 0 Å². The summed E-state index contributed by atoms with van der Waals surface area (Å²) >= 11 is 0. The molecule has 0 amide bonds. The normalized spacial score (nSPS) is 39.2. The molecule has 0 bridgehead atoms. The average Bonchev–Trinajstić information content (AvgIpc) is 2.29. The highest BCUT2D eigenvalue weighted by Crippen LogP contribution is 2.39. The van der Waals surface area contributed by atoms with Crippen LogP contribution in [0, 0.1) is 0 Å². The zero-order valence-corrected chi connectivity index (χ0v) is 8.71. The summed E-state index contributed by atoms with van der Waals surface area (Å²) in [5.41, 5.74) is 0. The van der Waals surface area contributed by atoms with E-state index in [1.807, 2.05) is 0 Å². The lowest BCUT2D eigenvalue weighted by Gasteiger charge is -2.26. The molecule has 1 saturated carbocycles. The lowest BCUT2D eigenvalue weighted by atomic mass is 10.1. The van der Waals surface area contributed by atoms with Crippen LogP contribution in [-0.2, 0) is 9.47 Å². The van der Waals surface area contributed by atoms with Crippen LogP contribution in [0.3, 0.4) is 0 Å². The van der Waals surface area contributed by atoms with Crippen LogP contribution in [0.1, 0.15) is 52.4 Å². The van der Waals surface area contributed by atoms with Crippen LogP contribution < -0.4 is 0 Å². The first-order valence-corrected chi connectivity index (χ1v) is 5.57. The number of ether oxygens (including phenoxy) is 2. The first-order valence-electron chi connectivity index (χ1n) is 5.57. The highest BCUT2D eigenvalue weighted by atomic mass is 16.8. The van der Waals surface area contributed by atoms with Gasteiger partial charge in [0.25, 0.3) is 0 Å². The van der Waals surface area contributed by atoms with Crippen LogP contribution in [0.4, 0.5) is 0 Å². The van der Waals surface area contributed by atoms with Crippen LogP contribution in [0.5, 0.6) is 0 Å². The van der Waals surface area contributed by atoms with Crippen molar-refractivity contribution in [1.29, 1.82) is 0 Å². The van der Waals surface area contributed by atoms with Crippen molar-refractivity contribution in [1.82, 2.24) is 0 Å². The Labute approximate surface area is 80.6 Å². The minimum Gasteiger partial charge on any atom is -0.344 e. The van der Waals surface area contributed by atoms with Gasteiger partial charge in [-0.05, 0) is 26.7 Å². The Balaban J connectivity index is 2.02. The second kappa shape index (κ2) is 3.58. The average molecular weight is 184 g/mol. The monoisotopic (exact) mass is 184 g/mol. The minimum absolute atomic E-state index is 0.199. The van der Waals surface area contributed by atoms with Crippen LogP contribution in [0.2, 0.25) is 0 Å². The Kier molecular flexibility index (Phi) is 2.61. The lowest BCUT2D eigenvalue weighted by molar-refractivity contribution is -0.180. The Bertz CT molecular complexity index is 159. The molecule has 2 fully saturated rings. The van der Waals surface area contributed by atoms with Gasteiger partial charge in [-0.1, -0.05) is 12.8 Å². The Morgan fingerprint density at radius 2 is 1.31 bits per heavy atom. The molecule has 0 aromatic heterocycles. The van der Waals surface area contributed by atoms with Gasteiger partial charge in [0.15, 0.2) is 5.79 Å². The molecule has 1 saturated heterocycles. The van der Waals surface area contributed by atoms with Gasteiger partial charge in [-0.25, -0.2) is 0 Å². The largest absolute Gasteiger partial charge is 0.344 e. The number of hydrogen-bond acceptors (Lipinski definition) is 2. The maximum absolute atomic E-state index is 5.96. The quantitative estimate of drug-likeness (QED) is 0.576. The first kappa shape index (κ1) is 9.47. The van der Waals surface area contributed by atoms with E-state index < -0.39 is 0 Å². The highest BCUT2D eigenvalue weighted by molar-refractivity contribution is 4.83. The van der Waals surface area contributed by atoms with E-state index in [1.165, 1.54) is 25.7 Å². The summed E-state index contributed by atoms with van der Waals surface area (Å²) in [4.78, 5) is 0. The van der Waals surface area contributed by atoms with Crippen molar-refractivity contribution >= 4 is 0 Å². The minimum atomic E-state index is -0.199. The van der Waals surface area contributed by atoms with Gasteiger partial charge in [0, 0.05) is 12.8 Å². The molecule has 2 heteroatoms. The maximum atomic E-state index is 5.96. The second-order valence-electron chi connectivity index (χ2n) is 4.47. The third-order valence-electron chi connectivity index (χ3n) is 3.33. The van der Waals surface area contributed by atoms with E-state index in [1.54, 1.807) is 0 Å². The van der Waals surface area contributed by atoms with E-state index in [2.05, 4.69) is 13.8 Å². The van der Waals surface area contributed by atoms with E-state index in [0.29, 0.717) is 0 Å². The fourth-order valence-electron chi connectivity index (χ4n) is 2.40. The molecule has 2 rings (SSSR count). The van der Waals surface area contributed by atoms with Gasteiger partial charge >= 0.3 is 0 Å². The third-order valence-corrected chi connectivity index (χ3v) is 3.33.